The van der Waals surface area contributed by atoms with Crippen LogP contribution in [0.5, 0.6) is 5.75 Å². The van der Waals surface area contributed by atoms with Crippen molar-refractivity contribution in [3.8, 4) is 5.75 Å². The molecule has 0 radical (unpaired) electrons. The topological polar surface area (TPSA) is 24.5 Å². The van der Waals surface area contributed by atoms with Gasteiger partial charge in [0.2, 0.25) is 0 Å². The first kappa shape index (κ1) is 22.3. The van der Waals surface area contributed by atoms with E-state index in [-0.39, 0.29) is 24.8 Å². The summed E-state index contributed by atoms with van der Waals surface area (Å²) in [6.45, 7) is 4.53. The molecule has 4 rings (SSSR count). The van der Waals surface area contributed by atoms with Crippen LogP contribution in [0, 0.1) is 5.92 Å². The third kappa shape index (κ3) is 4.71. The van der Waals surface area contributed by atoms with Gasteiger partial charge >= 0.3 is 0 Å². The molecule has 0 spiro atoms. The second kappa shape index (κ2) is 10.5. The summed E-state index contributed by atoms with van der Waals surface area (Å²) in [4.78, 5) is 2.74. The van der Waals surface area contributed by atoms with E-state index >= 15 is 0 Å². The van der Waals surface area contributed by atoms with Crippen molar-refractivity contribution in [1.29, 1.82) is 0 Å². The van der Waals surface area contributed by atoms with Crippen LogP contribution >= 0.6 is 24.8 Å². The third-order valence-electron chi connectivity index (χ3n) is 6.10. The van der Waals surface area contributed by atoms with Gasteiger partial charge in [0.05, 0.1) is 7.11 Å². The Morgan fingerprint density at radius 1 is 0.926 bits per heavy atom. The monoisotopic (exact) mass is 410 g/mol. The first-order valence-electron chi connectivity index (χ1n) is 9.89. The third-order valence-corrected chi connectivity index (χ3v) is 6.10. The Kier molecular flexibility index (Phi) is 8.68. The Balaban J connectivity index is 0.00000131. The summed E-state index contributed by atoms with van der Waals surface area (Å²) >= 11 is 0. The molecule has 1 aliphatic carbocycles. The molecule has 0 bridgehead atoms. The van der Waals surface area contributed by atoms with Gasteiger partial charge in [0.25, 0.3) is 0 Å². The number of hydrogen-bond donors (Lipinski definition) is 1. The summed E-state index contributed by atoms with van der Waals surface area (Å²) in [7, 11) is 1.77. The fourth-order valence-electron chi connectivity index (χ4n) is 4.89. The number of hydrogen-bond acceptors (Lipinski definition) is 3. The van der Waals surface area contributed by atoms with Crippen LogP contribution in [-0.4, -0.2) is 38.2 Å². The minimum absolute atomic E-state index is 0. The molecule has 0 unspecified atom stereocenters. The number of rotatable bonds is 4. The predicted molar refractivity (Wildman–Crippen MR) is 119 cm³/mol. The van der Waals surface area contributed by atoms with Gasteiger partial charge in [-0.2, -0.15) is 0 Å². The van der Waals surface area contributed by atoms with Crippen LogP contribution in [-0.2, 0) is 0 Å². The molecule has 2 fully saturated rings. The van der Waals surface area contributed by atoms with Gasteiger partial charge in [-0.3, -0.25) is 4.90 Å². The zero-order valence-electron chi connectivity index (χ0n) is 16.2. The highest BCUT2D eigenvalue weighted by Gasteiger charge is 2.32. The maximum Gasteiger partial charge on any atom is 0.126 e. The Labute approximate surface area is 175 Å². The lowest BCUT2D eigenvalue weighted by Gasteiger charge is -2.41. The van der Waals surface area contributed by atoms with E-state index < -0.39 is 0 Å². The van der Waals surface area contributed by atoms with Crippen LogP contribution in [0.2, 0.25) is 0 Å². The highest BCUT2D eigenvalue weighted by molar-refractivity contribution is 5.91. The number of piperazine rings is 1. The molecule has 1 saturated carbocycles. The molecule has 150 valence electrons. The molecule has 3 nitrogen and oxygen atoms in total. The number of halogens is 2. The molecule has 1 atom stereocenters. The second-order valence-electron chi connectivity index (χ2n) is 7.53. The van der Waals surface area contributed by atoms with E-state index in [0.717, 1.165) is 37.8 Å². The summed E-state index contributed by atoms with van der Waals surface area (Å²) in [5.74, 6) is 1.77. The van der Waals surface area contributed by atoms with Crippen molar-refractivity contribution in [3.63, 3.8) is 0 Å². The van der Waals surface area contributed by atoms with Crippen molar-refractivity contribution in [3.05, 3.63) is 42.0 Å². The molecule has 2 aromatic carbocycles. The highest BCUT2D eigenvalue weighted by Crippen LogP contribution is 2.42. The van der Waals surface area contributed by atoms with Crippen molar-refractivity contribution in [2.45, 2.75) is 38.1 Å². The number of nitrogens with one attached hydrogen (secondary N) is 1. The second-order valence-corrected chi connectivity index (χ2v) is 7.53. The van der Waals surface area contributed by atoms with Gasteiger partial charge in [0.1, 0.15) is 5.75 Å². The standard InChI is InChI=1S/C22H30N2O.2ClH/c1-25-21-12-11-20(18-9-5-6-10-19(18)21)22(17-7-3-2-4-8-17)24-15-13-23-14-16-24;;/h5-6,9-12,17,22-23H,2-4,7-8,13-16H2,1H3;2*1H/t22-;;/m0../s1. The molecular formula is C22H32Cl2N2O. The predicted octanol–water partition coefficient (Wildman–Crippen LogP) is 5.22. The van der Waals surface area contributed by atoms with Gasteiger partial charge < -0.3 is 10.1 Å². The van der Waals surface area contributed by atoms with E-state index in [9.17, 15) is 0 Å². The maximum absolute atomic E-state index is 5.63. The number of methoxy groups -OCH3 is 1. The van der Waals surface area contributed by atoms with Gasteiger partial charge in [0.15, 0.2) is 0 Å². The smallest absolute Gasteiger partial charge is 0.126 e. The van der Waals surface area contributed by atoms with E-state index in [1.165, 1.54) is 48.4 Å². The molecule has 5 heteroatoms. The minimum Gasteiger partial charge on any atom is -0.496 e. The van der Waals surface area contributed by atoms with Crippen molar-refractivity contribution in [1.82, 2.24) is 10.2 Å². The SMILES string of the molecule is COc1ccc([C@H](C2CCCCC2)N2CCNCC2)c2ccccc12.Cl.Cl. The molecule has 1 saturated heterocycles. The van der Waals surface area contributed by atoms with Gasteiger partial charge in [-0.15, -0.1) is 24.8 Å². The minimum atomic E-state index is 0. The Morgan fingerprint density at radius 2 is 1.59 bits per heavy atom. The first-order valence-corrected chi connectivity index (χ1v) is 9.89. The van der Waals surface area contributed by atoms with Crippen LogP contribution in [0.1, 0.15) is 43.7 Å². The number of nitrogens with zero attached hydrogens (tertiary/aromatic N) is 1. The Morgan fingerprint density at radius 3 is 2.26 bits per heavy atom. The maximum atomic E-state index is 5.63. The summed E-state index contributed by atoms with van der Waals surface area (Å²) < 4.78 is 5.63. The van der Waals surface area contributed by atoms with Gasteiger partial charge in [-0.1, -0.05) is 49.6 Å². The Bertz CT molecular complexity index is 695. The normalized spacial score (nSPS) is 19.7. The van der Waals surface area contributed by atoms with Crippen LogP contribution in [0.4, 0.5) is 0 Å². The zero-order chi connectivity index (χ0) is 17.1. The molecule has 27 heavy (non-hydrogen) atoms. The van der Waals surface area contributed by atoms with Gasteiger partial charge in [0, 0.05) is 37.6 Å². The molecule has 2 aromatic rings. The largest absolute Gasteiger partial charge is 0.496 e. The van der Waals surface area contributed by atoms with Gasteiger partial charge in [-0.05, 0) is 35.8 Å². The molecule has 1 N–H and O–H groups in total. The van der Waals surface area contributed by atoms with Crippen molar-refractivity contribution in [2.24, 2.45) is 5.92 Å². The summed E-state index contributed by atoms with van der Waals surface area (Å²) in [6.07, 6.45) is 6.93. The zero-order valence-corrected chi connectivity index (χ0v) is 17.8. The lowest BCUT2D eigenvalue weighted by Crippen LogP contribution is -2.47. The van der Waals surface area contributed by atoms with E-state index in [1.54, 1.807) is 7.11 Å². The molecule has 2 aliphatic rings. The van der Waals surface area contributed by atoms with Crippen molar-refractivity contribution >= 4 is 35.6 Å². The fourth-order valence-corrected chi connectivity index (χ4v) is 4.89. The van der Waals surface area contributed by atoms with E-state index in [0.29, 0.717) is 6.04 Å². The highest BCUT2D eigenvalue weighted by atomic mass is 35.5. The fraction of sp³-hybridized carbons (Fsp3) is 0.545. The number of fused-ring (bicyclic) bond motifs is 1. The van der Waals surface area contributed by atoms with E-state index in [1.807, 2.05) is 0 Å². The van der Waals surface area contributed by atoms with Gasteiger partial charge in [-0.25, -0.2) is 0 Å². The average molecular weight is 411 g/mol. The lowest BCUT2D eigenvalue weighted by molar-refractivity contribution is 0.104. The quantitative estimate of drug-likeness (QED) is 0.747. The molecule has 0 amide bonds. The lowest BCUT2D eigenvalue weighted by atomic mass is 9.79. The molecule has 1 aliphatic heterocycles. The molecule has 0 aromatic heterocycles. The van der Waals surface area contributed by atoms with Crippen molar-refractivity contribution in [2.75, 3.05) is 33.3 Å². The summed E-state index contributed by atoms with van der Waals surface area (Å²) in [6, 6.07) is 13.8. The number of benzene rings is 2. The van der Waals surface area contributed by atoms with E-state index in [4.69, 9.17) is 4.74 Å². The van der Waals surface area contributed by atoms with Crippen LogP contribution in [0.3, 0.4) is 0 Å². The van der Waals surface area contributed by atoms with E-state index in [2.05, 4.69) is 46.6 Å². The first-order chi connectivity index (χ1) is 12.4. The van der Waals surface area contributed by atoms with Crippen molar-refractivity contribution < 1.29 is 4.74 Å². The summed E-state index contributed by atoms with van der Waals surface area (Å²) in [5, 5.41) is 6.14. The summed E-state index contributed by atoms with van der Waals surface area (Å²) in [5.41, 5.74) is 1.50. The molecule has 1 heterocycles. The molecular weight excluding hydrogens is 379 g/mol. The van der Waals surface area contributed by atoms with Crippen LogP contribution in [0.25, 0.3) is 10.8 Å². The number of ether oxygens (including phenoxy) is 1. The van der Waals surface area contributed by atoms with Crippen LogP contribution in [0.15, 0.2) is 36.4 Å². The van der Waals surface area contributed by atoms with Crippen LogP contribution < -0.4 is 10.1 Å². The Hall–Kier alpha value is -1.000. The average Bonchev–Trinajstić information content (AvgIpc) is 2.70.